The first-order valence-corrected chi connectivity index (χ1v) is 35.6. The van der Waals surface area contributed by atoms with Crippen LogP contribution in [-0.2, 0) is 27.9 Å². The van der Waals surface area contributed by atoms with Gasteiger partial charge in [0.05, 0.1) is 33.8 Å². The third-order valence-corrected chi connectivity index (χ3v) is 16.1. The van der Waals surface area contributed by atoms with Gasteiger partial charge in [-0.3, -0.25) is 14.2 Å². The van der Waals surface area contributed by atoms with E-state index in [-0.39, 0.29) is 24.9 Å². The zero-order valence-electron chi connectivity index (χ0n) is 53.5. The van der Waals surface area contributed by atoms with Gasteiger partial charge in [0.15, 0.2) is 0 Å². The number of hydrogen-bond donors (Lipinski definition) is 1. The second-order valence-corrected chi connectivity index (χ2v) is 25.7. The van der Waals surface area contributed by atoms with Crippen LogP contribution in [0.5, 0.6) is 0 Å². The molecular weight excluding hydrogens is 1010 g/mol. The topological polar surface area (TPSA) is 114 Å². The molecule has 0 saturated heterocycles. The summed E-state index contributed by atoms with van der Waals surface area (Å²) >= 11 is 0. The van der Waals surface area contributed by atoms with Gasteiger partial charge in [0.1, 0.15) is 19.3 Å². The van der Waals surface area contributed by atoms with Crippen molar-refractivity contribution in [1.82, 2.24) is 5.32 Å². The third-order valence-electron chi connectivity index (χ3n) is 15.2. The highest BCUT2D eigenvalue weighted by atomic mass is 31.2. The number of phosphoric acid groups is 1. The van der Waals surface area contributed by atoms with Crippen molar-refractivity contribution in [3.8, 4) is 0 Å². The monoisotopic (exact) mass is 1140 g/mol. The van der Waals surface area contributed by atoms with Crippen LogP contribution in [0.15, 0.2) is 60.8 Å². The molecule has 3 atom stereocenters. The molecule has 0 aliphatic rings. The molecule has 80 heavy (non-hydrogen) atoms. The number of nitrogens with zero attached hydrogens (tertiary/aromatic N) is 1. The molecule has 9 nitrogen and oxygen atoms in total. The number of carbonyl (C=O) groups excluding carboxylic acids is 2. The van der Waals surface area contributed by atoms with Gasteiger partial charge >= 0.3 is 5.97 Å². The quantitative estimate of drug-likeness (QED) is 0.0212. The summed E-state index contributed by atoms with van der Waals surface area (Å²) < 4.78 is 30.4. The Kier molecular flexibility index (Phi) is 58.1. The van der Waals surface area contributed by atoms with E-state index in [1.54, 1.807) is 0 Å². The number of phosphoric ester groups is 1. The van der Waals surface area contributed by atoms with Crippen LogP contribution >= 0.6 is 7.82 Å². The van der Waals surface area contributed by atoms with Gasteiger partial charge in [-0.05, 0) is 96.0 Å². The lowest BCUT2D eigenvalue weighted by molar-refractivity contribution is -0.870. The van der Waals surface area contributed by atoms with E-state index in [0.717, 1.165) is 77.0 Å². The minimum Gasteiger partial charge on any atom is -0.756 e. The number of quaternary nitrogens is 1. The normalized spacial score (nSPS) is 13.9. The Balaban J connectivity index is 5.06. The van der Waals surface area contributed by atoms with Crippen molar-refractivity contribution in [2.24, 2.45) is 0 Å². The molecule has 1 N–H and O–H groups in total. The van der Waals surface area contributed by atoms with Crippen LogP contribution in [0.3, 0.4) is 0 Å². The predicted octanol–water partition coefficient (Wildman–Crippen LogP) is 20.8. The molecule has 0 saturated carbocycles. The van der Waals surface area contributed by atoms with Crippen LogP contribution in [0.4, 0.5) is 0 Å². The van der Waals surface area contributed by atoms with Crippen LogP contribution in [0.25, 0.3) is 0 Å². The Bertz CT molecular complexity index is 1550. The highest BCUT2D eigenvalue weighted by Gasteiger charge is 2.27. The molecule has 0 fully saturated rings. The molecule has 0 aromatic rings. The standard InChI is InChI=1S/C70H131N2O7P/c1-7-10-13-16-19-22-25-28-30-31-32-33-34-35-36-37-38-39-40-41-42-45-48-51-54-57-60-63-70(74)79-68(61-58-55-52-49-46-43-27-24-21-18-15-12-9-3)67(66-78-80(75,76)77-65-64-72(4,5)6)71-69(73)62-59-56-53-50-47-44-29-26-23-20-17-14-11-8-2/h19,22,28,30,32-33,44,47,58,61,67-68H,7-18,20-21,23-27,29,31,34-43,45-46,48-57,59-60,62-66H2,1-6H3,(H-,71,73,75,76)/b22-19-,30-28-,33-32-,47-44-,61-58-. The Labute approximate surface area is 496 Å². The first-order chi connectivity index (χ1) is 38.9. The van der Waals surface area contributed by atoms with Gasteiger partial charge in [0, 0.05) is 12.8 Å². The van der Waals surface area contributed by atoms with Crippen LogP contribution in [0.1, 0.15) is 323 Å². The van der Waals surface area contributed by atoms with Crippen LogP contribution < -0.4 is 10.2 Å². The van der Waals surface area contributed by atoms with E-state index in [1.165, 1.54) is 205 Å². The van der Waals surface area contributed by atoms with Crippen molar-refractivity contribution in [3.05, 3.63) is 60.8 Å². The van der Waals surface area contributed by atoms with Gasteiger partial charge in [-0.1, -0.05) is 275 Å². The fourth-order valence-electron chi connectivity index (χ4n) is 9.88. The van der Waals surface area contributed by atoms with Crippen LogP contribution in [0, 0.1) is 0 Å². The molecule has 0 rings (SSSR count). The maximum absolute atomic E-state index is 13.5. The second-order valence-electron chi connectivity index (χ2n) is 24.3. The van der Waals surface area contributed by atoms with Gasteiger partial charge in [-0.25, -0.2) is 0 Å². The lowest BCUT2D eigenvalue weighted by Gasteiger charge is -2.30. The average Bonchev–Trinajstić information content (AvgIpc) is 3.42. The molecule has 0 heterocycles. The molecule has 0 aromatic carbocycles. The summed E-state index contributed by atoms with van der Waals surface area (Å²) in [6, 6.07) is -0.896. The highest BCUT2D eigenvalue weighted by Crippen LogP contribution is 2.38. The molecule has 1 amide bonds. The number of esters is 1. The van der Waals surface area contributed by atoms with Gasteiger partial charge in [0.2, 0.25) is 5.91 Å². The summed E-state index contributed by atoms with van der Waals surface area (Å²) in [4.78, 5) is 40.1. The van der Waals surface area contributed by atoms with Crippen molar-refractivity contribution in [2.75, 3.05) is 40.9 Å². The summed E-state index contributed by atoms with van der Waals surface area (Å²) in [7, 11) is 1.18. The van der Waals surface area contributed by atoms with E-state index >= 15 is 0 Å². The Morgan fingerprint density at radius 2 is 0.762 bits per heavy atom. The maximum atomic E-state index is 13.5. The molecule has 0 aromatic heterocycles. The number of ether oxygens (including phenoxy) is 1. The first kappa shape index (κ1) is 77.7. The van der Waals surface area contributed by atoms with Gasteiger partial charge < -0.3 is 28.5 Å². The number of unbranched alkanes of at least 4 members (excludes halogenated alkanes) is 38. The molecule has 0 aliphatic carbocycles. The zero-order chi connectivity index (χ0) is 58.6. The van der Waals surface area contributed by atoms with Crippen molar-refractivity contribution >= 4 is 19.7 Å². The lowest BCUT2D eigenvalue weighted by atomic mass is 10.0. The fraction of sp³-hybridized carbons (Fsp3) is 0.829. The summed E-state index contributed by atoms with van der Waals surface area (Å²) in [5.74, 6) is -0.550. The Morgan fingerprint density at radius 1 is 0.438 bits per heavy atom. The SMILES string of the molecule is CCCCC/C=C\C/C=C\C/C=C\CCCCCCCCCCCCCCCCC(=O)OC(/C=C\CCCCCCCCCCCCC)C(COP(=O)([O-])OCC[N+](C)(C)C)NC(=O)CCCCC/C=C\CCCCCCCCC. The van der Waals surface area contributed by atoms with E-state index in [4.69, 9.17) is 13.8 Å². The number of carbonyl (C=O) groups is 2. The van der Waals surface area contributed by atoms with E-state index < -0.39 is 26.6 Å². The predicted molar refractivity (Wildman–Crippen MR) is 344 cm³/mol. The minimum atomic E-state index is -4.70. The largest absolute Gasteiger partial charge is 0.756 e. The molecule has 0 spiro atoms. The summed E-state index contributed by atoms with van der Waals surface area (Å²) in [6.07, 6.45) is 76.3. The van der Waals surface area contributed by atoms with Crippen molar-refractivity contribution in [2.45, 2.75) is 335 Å². The Hall–Kier alpha value is -2.29. The molecule has 0 bridgehead atoms. The fourth-order valence-corrected chi connectivity index (χ4v) is 10.6. The summed E-state index contributed by atoms with van der Waals surface area (Å²) in [5, 5.41) is 3.03. The molecular formula is C70H131N2O7P. The number of rotatable bonds is 62. The lowest BCUT2D eigenvalue weighted by Crippen LogP contribution is -2.47. The number of nitrogens with one attached hydrogen (secondary N) is 1. The zero-order valence-corrected chi connectivity index (χ0v) is 54.4. The second kappa shape index (κ2) is 59.9. The third kappa shape index (κ3) is 60.3. The van der Waals surface area contributed by atoms with Gasteiger partial charge in [0.25, 0.3) is 7.82 Å². The van der Waals surface area contributed by atoms with Crippen molar-refractivity contribution in [1.29, 1.82) is 0 Å². The van der Waals surface area contributed by atoms with Crippen LogP contribution in [-0.4, -0.2) is 69.4 Å². The minimum absolute atomic E-state index is 0.0248. The first-order valence-electron chi connectivity index (χ1n) is 34.1. The van der Waals surface area contributed by atoms with E-state index in [1.807, 2.05) is 33.3 Å². The molecule has 0 aliphatic heterocycles. The number of allylic oxidation sites excluding steroid dienone is 9. The van der Waals surface area contributed by atoms with Gasteiger partial charge in [-0.2, -0.15) is 0 Å². The summed E-state index contributed by atoms with van der Waals surface area (Å²) in [5.41, 5.74) is 0. The Morgan fingerprint density at radius 3 is 1.19 bits per heavy atom. The smallest absolute Gasteiger partial charge is 0.306 e. The van der Waals surface area contributed by atoms with E-state index in [2.05, 4.69) is 74.7 Å². The molecule has 10 heteroatoms. The maximum Gasteiger partial charge on any atom is 0.306 e. The molecule has 468 valence electrons. The van der Waals surface area contributed by atoms with Gasteiger partial charge in [-0.15, -0.1) is 0 Å². The molecule has 0 radical (unpaired) electrons. The number of likely N-dealkylation sites (N-methyl/N-ethyl adjacent to an activating group) is 1. The molecule has 3 unspecified atom stereocenters. The van der Waals surface area contributed by atoms with E-state index in [9.17, 15) is 19.0 Å². The number of amides is 1. The number of hydrogen-bond acceptors (Lipinski definition) is 7. The van der Waals surface area contributed by atoms with Crippen LogP contribution in [0.2, 0.25) is 0 Å². The highest BCUT2D eigenvalue weighted by molar-refractivity contribution is 7.45. The van der Waals surface area contributed by atoms with E-state index in [0.29, 0.717) is 23.9 Å². The average molecular weight is 1140 g/mol. The summed E-state index contributed by atoms with van der Waals surface area (Å²) in [6.45, 7) is 6.83. The van der Waals surface area contributed by atoms with Crippen molar-refractivity contribution < 1.29 is 37.3 Å². The van der Waals surface area contributed by atoms with Crippen molar-refractivity contribution in [3.63, 3.8) is 0 Å².